The van der Waals surface area contributed by atoms with E-state index in [4.69, 9.17) is 0 Å². The molecule has 0 saturated carbocycles. The van der Waals surface area contributed by atoms with Gasteiger partial charge in [0.25, 0.3) is 0 Å². The van der Waals surface area contributed by atoms with Crippen LogP contribution in [0.15, 0.2) is 23.0 Å². The Morgan fingerprint density at radius 1 is 1.38 bits per heavy atom. The third-order valence-electron chi connectivity index (χ3n) is 2.54. The SMILES string of the molecule is CNC(=O)CCc1cccc2[nH]c(=O)[nH]c12. The van der Waals surface area contributed by atoms with E-state index in [0.29, 0.717) is 12.8 Å². The third-order valence-corrected chi connectivity index (χ3v) is 2.54. The fraction of sp³-hybridized carbons (Fsp3) is 0.273. The second kappa shape index (κ2) is 4.22. The number of aromatic nitrogens is 2. The summed E-state index contributed by atoms with van der Waals surface area (Å²) < 4.78 is 0. The maximum absolute atomic E-state index is 11.1. The van der Waals surface area contributed by atoms with Crippen LogP contribution in [0.25, 0.3) is 11.0 Å². The van der Waals surface area contributed by atoms with Crippen molar-refractivity contribution in [2.75, 3.05) is 7.05 Å². The van der Waals surface area contributed by atoms with Crippen LogP contribution in [0.1, 0.15) is 12.0 Å². The van der Waals surface area contributed by atoms with E-state index in [1.165, 1.54) is 0 Å². The smallest absolute Gasteiger partial charge is 0.323 e. The van der Waals surface area contributed by atoms with Crippen LogP contribution in [-0.4, -0.2) is 22.9 Å². The van der Waals surface area contributed by atoms with Gasteiger partial charge in [0, 0.05) is 13.5 Å². The van der Waals surface area contributed by atoms with Crippen LogP contribution in [0.2, 0.25) is 0 Å². The Kier molecular flexibility index (Phi) is 2.76. The van der Waals surface area contributed by atoms with E-state index in [0.717, 1.165) is 16.6 Å². The molecule has 0 aliphatic rings. The summed E-state index contributed by atoms with van der Waals surface area (Å²) in [6.45, 7) is 0. The minimum Gasteiger partial charge on any atom is -0.359 e. The zero-order chi connectivity index (χ0) is 11.5. The zero-order valence-corrected chi connectivity index (χ0v) is 8.96. The van der Waals surface area contributed by atoms with Gasteiger partial charge < -0.3 is 15.3 Å². The second-order valence-electron chi connectivity index (χ2n) is 3.59. The van der Waals surface area contributed by atoms with Crippen LogP contribution < -0.4 is 11.0 Å². The Balaban J connectivity index is 2.30. The number of benzene rings is 1. The number of amides is 1. The summed E-state index contributed by atoms with van der Waals surface area (Å²) in [4.78, 5) is 27.7. The average Bonchev–Trinajstić information content (AvgIpc) is 2.66. The molecule has 1 amide bonds. The highest BCUT2D eigenvalue weighted by Crippen LogP contribution is 2.14. The fourth-order valence-electron chi connectivity index (χ4n) is 1.70. The molecule has 0 fully saturated rings. The van der Waals surface area contributed by atoms with Gasteiger partial charge in [0.05, 0.1) is 11.0 Å². The molecule has 0 unspecified atom stereocenters. The number of hydrogen-bond donors (Lipinski definition) is 3. The molecule has 5 heteroatoms. The normalized spacial score (nSPS) is 10.6. The van der Waals surface area contributed by atoms with Crippen LogP contribution in [-0.2, 0) is 11.2 Å². The Morgan fingerprint density at radius 2 is 2.19 bits per heavy atom. The first kappa shape index (κ1) is 10.5. The lowest BCUT2D eigenvalue weighted by molar-refractivity contribution is -0.120. The van der Waals surface area contributed by atoms with Crippen molar-refractivity contribution in [3.8, 4) is 0 Å². The molecule has 84 valence electrons. The predicted molar refractivity (Wildman–Crippen MR) is 61.3 cm³/mol. The van der Waals surface area contributed by atoms with E-state index < -0.39 is 0 Å². The summed E-state index contributed by atoms with van der Waals surface area (Å²) in [5.74, 6) is -0.00474. The molecule has 3 N–H and O–H groups in total. The molecule has 2 rings (SSSR count). The fourth-order valence-corrected chi connectivity index (χ4v) is 1.70. The summed E-state index contributed by atoms with van der Waals surface area (Å²) >= 11 is 0. The number of para-hydroxylation sites is 1. The molecule has 0 aliphatic carbocycles. The lowest BCUT2D eigenvalue weighted by Crippen LogP contribution is -2.17. The molecule has 0 bridgehead atoms. The second-order valence-corrected chi connectivity index (χ2v) is 3.59. The van der Waals surface area contributed by atoms with Crippen LogP contribution in [0.5, 0.6) is 0 Å². The van der Waals surface area contributed by atoms with Crippen LogP contribution in [0, 0.1) is 0 Å². The van der Waals surface area contributed by atoms with Gasteiger partial charge in [-0.15, -0.1) is 0 Å². The van der Waals surface area contributed by atoms with E-state index in [-0.39, 0.29) is 11.6 Å². The van der Waals surface area contributed by atoms with Crippen molar-refractivity contribution in [1.82, 2.24) is 15.3 Å². The first-order chi connectivity index (χ1) is 7.70. The van der Waals surface area contributed by atoms with Gasteiger partial charge >= 0.3 is 5.69 Å². The maximum atomic E-state index is 11.1. The standard InChI is InChI=1S/C11H13N3O2/c1-12-9(15)6-5-7-3-2-4-8-10(7)14-11(16)13-8/h2-4H,5-6H2,1H3,(H,12,15)(H2,13,14,16). The van der Waals surface area contributed by atoms with Crippen molar-refractivity contribution in [1.29, 1.82) is 0 Å². The van der Waals surface area contributed by atoms with Crippen LogP contribution >= 0.6 is 0 Å². The lowest BCUT2D eigenvalue weighted by atomic mass is 10.1. The Bertz CT molecular complexity index is 568. The van der Waals surface area contributed by atoms with Crippen LogP contribution in [0.4, 0.5) is 0 Å². The third kappa shape index (κ3) is 1.98. The molecule has 0 spiro atoms. The number of carbonyl (C=O) groups is 1. The van der Waals surface area contributed by atoms with Crippen molar-refractivity contribution < 1.29 is 4.79 Å². The molecule has 0 saturated heterocycles. The topological polar surface area (TPSA) is 77.8 Å². The molecule has 0 radical (unpaired) electrons. The largest absolute Gasteiger partial charge is 0.359 e. The van der Waals surface area contributed by atoms with E-state index >= 15 is 0 Å². The monoisotopic (exact) mass is 219 g/mol. The molecular formula is C11H13N3O2. The molecule has 2 aromatic rings. The predicted octanol–water partition coefficient (Wildman–Crippen LogP) is 0.535. The van der Waals surface area contributed by atoms with Crippen molar-refractivity contribution in [2.45, 2.75) is 12.8 Å². The summed E-state index contributed by atoms with van der Waals surface area (Å²) in [7, 11) is 1.61. The molecule has 0 aliphatic heterocycles. The number of H-pyrrole nitrogens is 2. The van der Waals surface area contributed by atoms with Gasteiger partial charge in [-0.2, -0.15) is 0 Å². The number of aryl methyl sites for hydroxylation is 1. The van der Waals surface area contributed by atoms with E-state index in [2.05, 4.69) is 15.3 Å². The number of fused-ring (bicyclic) bond motifs is 1. The summed E-state index contributed by atoms with van der Waals surface area (Å²) in [5, 5.41) is 2.57. The number of nitrogens with one attached hydrogen (secondary N) is 3. The van der Waals surface area contributed by atoms with Gasteiger partial charge in [0.2, 0.25) is 5.91 Å². The summed E-state index contributed by atoms with van der Waals surface area (Å²) in [6.07, 6.45) is 1.04. The maximum Gasteiger partial charge on any atom is 0.323 e. The van der Waals surface area contributed by atoms with Gasteiger partial charge in [-0.1, -0.05) is 12.1 Å². The molecule has 1 aromatic heterocycles. The number of rotatable bonds is 3. The highest BCUT2D eigenvalue weighted by atomic mass is 16.1. The first-order valence-corrected chi connectivity index (χ1v) is 5.11. The van der Waals surface area contributed by atoms with Gasteiger partial charge in [-0.05, 0) is 18.1 Å². The van der Waals surface area contributed by atoms with Crippen molar-refractivity contribution in [3.63, 3.8) is 0 Å². The van der Waals surface area contributed by atoms with E-state index in [1.54, 1.807) is 7.05 Å². The van der Waals surface area contributed by atoms with Gasteiger partial charge in [-0.3, -0.25) is 4.79 Å². The van der Waals surface area contributed by atoms with Crippen molar-refractivity contribution in [3.05, 3.63) is 34.2 Å². The summed E-state index contributed by atoms with van der Waals surface area (Å²) in [5.41, 5.74) is 2.32. The molecular weight excluding hydrogens is 206 g/mol. The molecule has 0 atom stereocenters. The minimum absolute atomic E-state index is 0.00474. The van der Waals surface area contributed by atoms with Crippen molar-refractivity contribution in [2.24, 2.45) is 0 Å². The first-order valence-electron chi connectivity index (χ1n) is 5.11. The average molecular weight is 219 g/mol. The van der Waals surface area contributed by atoms with E-state index in [9.17, 15) is 9.59 Å². The Labute approximate surface area is 91.9 Å². The lowest BCUT2D eigenvalue weighted by Gasteiger charge is -2.01. The quantitative estimate of drug-likeness (QED) is 0.704. The zero-order valence-electron chi connectivity index (χ0n) is 8.96. The molecule has 16 heavy (non-hydrogen) atoms. The van der Waals surface area contributed by atoms with Crippen LogP contribution in [0.3, 0.4) is 0 Å². The number of aromatic amines is 2. The minimum atomic E-state index is -0.220. The van der Waals surface area contributed by atoms with Gasteiger partial charge in [0.15, 0.2) is 0 Å². The van der Waals surface area contributed by atoms with Gasteiger partial charge in [0.1, 0.15) is 0 Å². The summed E-state index contributed by atoms with van der Waals surface area (Å²) in [6, 6.07) is 5.61. The van der Waals surface area contributed by atoms with E-state index in [1.807, 2.05) is 18.2 Å². The number of imidazole rings is 1. The van der Waals surface area contributed by atoms with Crippen molar-refractivity contribution >= 4 is 16.9 Å². The Hall–Kier alpha value is -2.04. The highest BCUT2D eigenvalue weighted by Gasteiger charge is 2.05. The highest BCUT2D eigenvalue weighted by molar-refractivity contribution is 5.80. The molecule has 5 nitrogen and oxygen atoms in total. The van der Waals surface area contributed by atoms with Gasteiger partial charge in [-0.25, -0.2) is 4.79 Å². The molecule has 1 heterocycles. The Morgan fingerprint density at radius 3 is 2.94 bits per heavy atom. The number of hydrogen-bond acceptors (Lipinski definition) is 2. The molecule has 1 aromatic carbocycles. The number of carbonyl (C=O) groups excluding carboxylic acids is 1.